The van der Waals surface area contributed by atoms with E-state index in [0.717, 1.165) is 0 Å². The van der Waals surface area contributed by atoms with E-state index in [2.05, 4.69) is 5.32 Å². The Bertz CT molecular complexity index is 333. The molecule has 3 N–H and O–H groups in total. The maximum atomic E-state index is 11.5. The largest absolute Gasteiger partial charge is 0.349 e. The molecule has 1 unspecified atom stereocenters. The van der Waals surface area contributed by atoms with Gasteiger partial charge in [-0.15, -0.1) is 0 Å². The van der Waals surface area contributed by atoms with E-state index >= 15 is 0 Å². The number of carbonyl (C=O) groups excluding carboxylic acids is 1. The number of aryl methyl sites for hydroxylation is 1. The van der Waals surface area contributed by atoms with Gasteiger partial charge in [0.1, 0.15) is 5.69 Å². The zero-order valence-electron chi connectivity index (χ0n) is 8.25. The summed E-state index contributed by atoms with van der Waals surface area (Å²) in [6.07, 6.45) is 1.68. The summed E-state index contributed by atoms with van der Waals surface area (Å²) < 4.78 is 1.68. The topological polar surface area (TPSA) is 60.0 Å². The maximum Gasteiger partial charge on any atom is 0.268 e. The van der Waals surface area contributed by atoms with Gasteiger partial charge in [-0.2, -0.15) is 0 Å². The number of rotatable bonds is 3. The van der Waals surface area contributed by atoms with E-state index < -0.39 is 0 Å². The second-order valence-electron chi connectivity index (χ2n) is 3.34. The predicted octanol–water partition coefficient (Wildman–Crippen LogP) is 0.755. The molecule has 0 radical (unpaired) electrons. The minimum Gasteiger partial charge on any atom is -0.349 e. The molecule has 1 heterocycles. The van der Waals surface area contributed by atoms with Crippen molar-refractivity contribution in [2.45, 2.75) is 13.0 Å². The highest BCUT2D eigenvalue weighted by atomic mass is 35.5. The van der Waals surface area contributed by atoms with Gasteiger partial charge in [0.25, 0.3) is 5.91 Å². The van der Waals surface area contributed by atoms with Crippen molar-refractivity contribution < 1.29 is 4.79 Å². The lowest BCUT2D eigenvalue weighted by molar-refractivity contribution is 0.0943. The van der Waals surface area contributed by atoms with Crippen molar-refractivity contribution in [3.05, 3.63) is 23.0 Å². The number of amides is 1. The average molecular weight is 216 g/mol. The highest BCUT2D eigenvalue weighted by Crippen LogP contribution is 2.12. The molecule has 78 valence electrons. The van der Waals surface area contributed by atoms with Crippen LogP contribution in [0.1, 0.15) is 17.4 Å². The Morgan fingerprint density at radius 3 is 2.86 bits per heavy atom. The first-order valence-electron chi connectivity index (χ1n) is 4.36. The fraction of sp³-hybridized carbons (Fsp3) is 0.444. The molecule has 0 aliphatic carbocycles. The number of nitrogens with two attached hydrogens (primary N) is 1. The van der Waals surface area contributed by atoms with Crippen LogP contribution in [0.5, 0.6) is 0 Å². The minimum atomic E-state index is -0.156. The van der Waals surface area contributed by atoms with Gasteiger partial charge in [0.2, 0.25) is 0 Å². The molecule has 0 fully saturated rings. The molecular formula is C9H14ClN3O. The van der Waals surface area contributed by atoms with Crippen molar-refractivity contribution in [2.75, 3.05) is 6.54 Å². The minimum absolute atomic E-state index is 0.0466. The SMILES string of the molecule is CC(N)CNC(=O)c1cc(Cl)cn1C. The number of hydrogen-bond acceptors (Lipinski definition) is 2. The first-order valence-corrected chi connectivity index (χ1v) is 4.74. The van der Waals surface area contributed by atoms with Crippen LogP contribution in [-0.4, -0.2) is 23.1 Å². The van der Waals surface area contributed by atoms with Gasteiger partial charge in [0.15, 0.2) is 0 Å². The molecule has 1 amide bonds. The Kier molecular flexibility index (Phi) is 3.55. The molecule has 4 nitrogen and oxygen atoms in total. The third kappa shape index (κ3) is 2.75. The monoisotopic (exact) mass is 215 g/mol. The molecule has 0 saturated carbocycles. The number of aromatic nitrogens is 1. The second kappa shape index (κ2) is 4.48. The van der Waals surface area contributed by atoms with Gasteiger partial charge in [0.05, 0.1) is 5.02 Å². The van der Waals surface area contributed by atoms with Crippen molar-refractivity contribution in [1.82, 2.24) is 9.88 Å². The summed E-state index contributed by atoms with van der Waals surface area (Å²) in [5, 5.41) is 3.26. The van der Waals surface area contributed by atoms with Crippen molar-refractivity contribution in [3.63, 3.8) is 0 Å². The van der Waals surface area contributed by atoms with E-state index in [4.69, 9.17) is 17.3 Å². The van der Waals surface area contributed by atoms with Crippen molar-refractivity contribution in [3.8, 4) is 0 Å². The molecule has 0 saturated heterocycles. The summed E-state index contributed by atoms with van der Waals surface area (Å²) in [6, 6.07) is 1.58. The Hall–Kier alpha value is -1.00. The standard InChI is InChI=1S/C9H14ClN3O/c1-6(11)4-12-9(14)8-3-7(10)5-13(8)2/h3,5-6H,4,11H2,1-2H3,(H,12,14). The fourth-order valence-electron chi connectivity index (χ4n) is 1.09. The molecule has 14 heavy (non-hydrogen) atoms. The van der Waals surface area contributed by atoms with Crippen molar-refractivity contribution in [1.29, 1.82) is 0 Å². The number of hydrogen-bond donors (Lipinski definition) is 2. The average Bonchev–Trinajstić information content (AvgIpc) is 2.41. The molecule has 1 aromatic heterocycles. The second-order valence-corrected chi connectivity index (χ2v) is 3.78. The van der Waals surface area contributed by atoms with Crippen LogP contribution in [0.25, 0.3) is 0 Å². The van der Waals surface area contributed by atoms with Gasteiger partial charge in [-0.05, 0) is 13.0 Å². The number of nitrogens with zero attached hydrogens (tertiary/aromatic N) is 1. The summed E-state index contributed by atoms with van der Waals surface area (Å²) in [7, 11) is 1.77. The Morgan fingerprint density at radius 1 is 1.79 bits per heavy atom. The highest BCUT2D eigenvalue weighted by molar-refractivity contribution is 6.31. The first kappa shape index (κ1) is 11.1. The molecular weight excluding hydrogens is 202 g/mol. The van der Waals surface area contributed by atoms with Gasteiger partial charge < -0.3 is 15.6 Å². The van der Waals surface area contributed by atoms with Gasteiger partial charge in [-0.25, -0.2) is 0 Å². The Balaban J connectivity index is 2.65. The molecule has 1 atom stereocenters. The van der Waals surface area contributed by atoms with Gasteiger partial charge in [-0.3, -0.25) is 4.79 Å². The van der Waals surface area contributed by atoms with Gasteiger partial charge in [0, 0.05) is 25.8 Å². The molecule has 0 aliphatic heterocycles. The van der Waals surface area contributed by atoms with Crippen LogP contribution in [0.2, 0.25) is 5.02 Å². The van der Waals surface area contributed by atoms with Crippen LogP contribution in [-0.2, 0) is 7.05 Å². The van der Waals surface area contributed by atoms with Crippen molar-refractivity contribution >= 4 is 17.5 Å². The van der Waals surface area contributed by atoms with Crippen LogP contribution >= 0.6 is 11.6 Å². The summed E-state index contributed by atoms with van der Waals surface area (Å²) in [5.74, 6) is -0.156. The number of carbonyl (C=O) groups is 1. The molecule has 1 rings (SSSR count). The van der Waals surface area contributed by atoms with Gasteiger partial charge in [-0.1, -0.05) is 11.6 Å². The van der Waals surface area contributed by atoms with E-state index in [9.17, 15) is 4.79 Å². The fourth-order valence-corrected chi connectivity index (χ4v) is 1.34. The predicted molar refractivity (Wildman–Crippen MR) is 56.4 cm³/mol. The molecule has 5 heteroatoms. The van der Waals surface area contributed by atoms with Crippen LogP contribution in [0.3, 0.4) is 0 Å². The smallest absolute Gasteiger partial charge is 0.268 e. The number of halogens is 1. The maximum absolute atomic E-state index is 11.5. The third-order valence-corrected chi connectivity index (χ3v) is 2.00. The van der Waals surface area contributed by atoms with Crippen LogP contribution in [0.15, 0.2) is 12.3 Å². The highest BCUT2D eigenvalue weighted by Gasteiger charge is 2.10. The van der Waals surface area contributed by atoms with Crippen LogP contribution < -0.4 is 11.1 Å². The van der Waals surface area contributed by atoms with E-state index in [1.807, 2.05) is 6.92 Å². The van der Waals surface area contributed by atoms with Crippen LogP contribution in [0.4, 0.5) is 0 Å². The summed E-state index contributed by atoms with van der Waals surface area (Å²) in [5.41, 5.74) is 6.05. The van der Waals surface area contributed by atoms with Gasteiger partial charge >= 0.3 is 0 Å². The van der Waals surface area contributed by atoms with Crippen LogP contribution in [0, 0.1) is 0 Å². The molecule has 0 aliphatic rings. The summed E-state index contributed by atoms with van der Waals surface area (Å²) in [6.45, 7) is 2.29. The van der Waals surface area contributed by atoms with Crippen molar-refractivity contribution in [2.24, 2.45) is 12.8 Å². The van der Waals surface area contributed by atoms with E-state index in [1.165, 1.54) is 0 Å². The normalized spacial score (nSPS) is 12.6. The first-order chi connectivity index (χ1) is 6.50. The van der Waals surface area contributed by atoms with E-state index in [-0.39, 0.29) is 11.9 Å². The summed E-state index contributed by atoms with van der Waals surface area (Å²) in [4.78, 5) is 11.5. The van der Waals surface area contributed by atoms with E-state index in [1.54, 1.807) is 23.9 Å². The molecule has 0 spiro atoms. The quantitative estimate of drug-likeness (QED) is 0.782. The lowest BCUT2D eigenvalue weighted by Crippen LogP contribution is -2.35. The van der Waals surface area contributed by atoms with E-state index in [0.29, 0.717) is 17.3 Å². The molecule has 1 aromatic rings. The Labute approximate surface area is 88.0 Å². The molecule has 0 bridgehead atoms. The number of nitrogens with one attached hydrogen (secondary N) is 1. The zero-order chi connectivity index (χ0) is 10.7. The third-order valence-electron chi connectivity index (χ3n) is 1.79. The molecule has 0 aromatic carbocycles. The lowest BCUT2D eigenvalue weighted by Gasteiger charge is -2.07. The zero-order valence-corrected chi connectivity index (χ0v) is 9.01. The Morgan fingerprint density at radius 2 is 2.43 bits per heavy atom. The lowest BCUT2D eigenvalue weighted by atomic mass is 10.3. The summed E-state index contributed by atoms with van der Waals surface area (Å²) >= 11 is 5.75.